The third-order valence-electron chi connectivity index (χ3n) is 4.72. The van der Waals surface area contributed by atoms with Gasteiger partial charge in [0, 0.05) is 24.0 Å². The summed E-state index contributed by atoms with van der Waals surface area (Å²) in [4.78, 5) is 12.6. The Bertz CT molecular complexity index is 1020. The number of benzene rings is 2. The van der Waals surface area contributed by atoms with Crippen LogP contribution in [0.4, 0.5) is 5.69 Å². The van der Waals surface area contributed by atoms with E-state index in [0.29, 0.717) is 34.1 Å². The van der Waals surface area contributed by atoms with Crippen molar-refractivity contribution in [3.05, 3.63) is 62.1 Å². The fourth-order valence-electron chi connectivity index (χ4n) is 3.18. The average molecular weight is 496 g/mol. The molecule has 1 aliphatic heterocycles. The first-order valence-corrected chi connectivity index (χ1v) is 12.0. The summed E-state index contributed by atoms with van der Waals surface area (Å²) in [7, 11) is -3.49. The summed E-state index contributed by atoms with van der Waals surface area (Å²) < 4.78 is 26.8. The Morgan fingerprint density at radius 2 is 1.66 bits per heavy atom. The lowest BCUT2D eigenvalue weighted by Gasteiger charge is -2.30. The van der Waals surface area contributed by atoms with Crippen LogP contribution in [0, 0.1) is 5.92 Å². The van der Waals surface area contributed by atoms with Crippen molar-refractivity contribution in [2.24, 2.45) is 5.92 Å². The van der Waals surface area contributed by atoms with E-state index in [1.807, 2.05) is 0 Å². The Kier molecular flexibility index (Phi) is 7.36. The molecule has 1 N–H and O–H groups in total. The summed E-state index contributed by atoms with van der Waals surface area (Å²) in [6, 6.07) is 9.74. The summed E-state index contributed by atoms with van der Waals surface area (Å²) >= 11 is 23.9. The molecule has 2 aromatic carbocycles. The summed E-state index contributed by atoms with van der Waals surface area (Å²) in [5.74, 6) is -0.668. The molecule has 1 fully saturated rings. The van der Waals surface area contributed by atoms with Crippen LogP contribution in [0.25, 0.3) is 0 Å². The SMILES string of the molecule is O=C(Nc1cc(Cl)c(Cl)cc1Cl)C1CCN(S(=O)(=O)Cc2cccc(Cl)c2)CC1. The van der Waals surface area contributed by atoms with E-state index < -0.39 is 10.0 Å². The van der Waals surface area contributed by atoms with Gasteiger partial charge in [0.1, 0.15) is 0 Å². The van der Waals surface area contributed by atoms with Crippen molar-refractivity contribution in [1.29, 1.82) is 0 Å². The van der Waals surface area contributed by atoms with Gasteiger partial charge in [-0.05, 0) is 42.7 Å². The predicted molar refractivity (Wildman–Crippen MR) is 118 cm³/mol. The highest BCUT2D eigenvalue weighted by Gasteiger charge is 2.31. The van der Waals surface area contributed by atoms with Gasteiger partial charge in [0.2, 0.25) is 15.9 Å². The van der Waals surface area contributed by atoms with E-state index in [1.165, 1.54) is 16.4 Å². The summed E-state index contributed by atoms with van der Waals surface area (Å²) in [5, 5.41) is 4.12. The van der Waals surface area contributed by atoms with Gasteiger partial charge >= 0.3 is 0 Å². The third kappa shape index (κ3) is 5.78. The van der Waals surface area contributed by atoms with E-state index in [9.17, 15) is 13.2 Å². The second kappa shape index (κ2) is 9.41. The molecule has 156 valence electrons. The highest BCUT2D eigenvalue weighted by Crippen LogP contribution is 2.33. The van der Waals surface area contributed by atoms with Crippen LogP contribution in [0.5, 0.6) is 0 Å². The zero-order chi connectivity index (χ0) is 21.2. The maximum Gasteiger partial charge on any atom is 0.227 e. The largest absolute Gasteiger partial charge is 0.324 e. The maximum absolute atomic E-state index is 12.7. The number of amides is 1. The smallest absolute Gasteiger partial charge is 0.227 e. The van der Waals surface area contributed by atoms with Gasteiger partial charge < -0.3 is 5.32 Å². The number of hydrogen-bond acceptors (Lipinski definition) is 3. The molecule has 10 heteroatoms. The molecular weight excluding hydrogens is 478 g/mol. The van der Waals surface area contributed by atoms with Crippen molar-refractivity contribution in [2.75, 3.05) is 18.4 Å². The highest BCUT2D eigenvalue weighted by atomic mass is 35.5. The number of nitrogens with one attached hydrogen (secondary N) is 1. The van der Waals surface area contributed by atoms with Crippen LogP contribution < -0.4 is 5.32 Å². The summed E-state index contributed by atoms with van der Waals surface area (Å²) in [6.07, 6.45) is 0.832. The van der Waals surface area contributed by atoms with Gasteiger partial charge in [-0.25, -0.2) is 12.7 Å². The molecule has 1 saturated heterocycles. The molecule has 0 radical (unpaired) electrons. The lowest BCUT2D eigenvalue weighted by molar-refractivity contribution is -0.120. The quantitative estimate of drug-likeness (QED) is 0.558. The van der Waals surface area contributed by atoms with Crippen LogP contribution in [0.3, 0.4) is 0 Å². The number of carbonyl (C=O) groups is 1. The van der Waals surface area contributed by atoms with Gasteiger partial charge in [-0.2, -0.15) is 0 Å². The maximum atomic E-state index is 12.7. The second-order valence-electron chi connectivity index (χ2n) is 6.79. The van der Waals surface area contributed by atoms with Gasteiger partial charge in [0.25, 0.3) is 0 Å². The molecule has 29 heavy (non-hydrogen) atoms. The van der Waals surface area contributed by atoms with Crippen molar-refractivity contribution < 1.29 is 13.2 Å². The van der Waals surface area contributed by atoms with E-state index in [4.69, 9.17) is 46.4 Å². The van der Waals surface area contributed by atoms with Crippen LogP contribution in [0.15, 0.2) is 36.4 Å². The molecule has 0 saturated carbocycles. The van der Waals surface area contributed by atoms with Gasteiger partial charge in [0.05, 0.1) is 26.5 Å². The van der Waals surface area contributed by atoms with E-state index in [0.717, 1.165) is 0 Å². The van der Waals surface area contributed by atoms with Crippen LogP contribution in [0.2, 0.25) is 20.1 Å². The molecule has 3 rings (SSSR count). The number of hydrogen-bond donors (Lipinski definition) is 1. The average Bonchev–Trinajstić information content (AvgIpc) is 2.66. The van der Waals surface area contributed by atoms with Crippen LogP contribution in [0.1, 0.15) is 18.4 Å². The summed E-state index contributed by atoms with van der Waals surface area (Å²) in [6.45, 7) is 0.548. The minimum absolute atomic E-state index is 0.122. The first-order valence-electron chi connectivity index (χ1n) is 8.83. The molecule has 0 bridgehead atoms. The van der Waals surface area contributed by atoms with E-state index in [2.05, 4.69) is 5.32 Å². The van der Waals surface area contributed by atoms with Gasteiger partial charge in [-0.1, -0.05) is 58.5 Å². The highest BCUT2D eigenvalue weighted by molar-refractivity contribution is 7.88. The molecule has 2 aromatic rings. The van der Waals surface area contributed by atoms with Crippen molar-refractivity contribution in [1.82, 2.24) is 4.31 Å². The van der Waals surface area contributed by atoms with Gasteiger partial charge in [0.15, 0.2) is 0 Å². The molecular formula is C19H18Cl4N2O3S. The van der Waals surface area contributed by atoms with E-state index in [1.54, 1.807) is 24.3 Å². The van der Waals surface area contributed by atoms with Crippen LogP contribution in [-0.2, 0) is 20.6 Å². The molecule has 0 aromatic heterocycles. The lowest BCUT2D eigenvalue weighted by Crippen LogP contribution is -2.41. The Labute approximate surface area is 189 Å². The Morgan fingerprint density at radius 1 is 1.00 bits per heavy atom. The van der Waals surface area contributed by atoms with E-state index >= 15 is 0 Å². The molecule has 0 aliphatic carbocycles. The monoisotopic (exact) mass is 494 g/mol. The fraction of sp³-hybridized carbons (Fsp3) is 0.316. The molecule has 0 spiro atoms. The third-order valence-corrected chi connectivity index (χ3v) is 7.84. The molecule has 0 unspecified atom stereocenters. The lowest BCUT2D eigenvalue weighted by atomic mass is 9.97. The second-order valence-corrected chi connectivity index (χ2v) is 10.4. The predicted octanol–water partition coefficient (Wildman–Crippen LogP) is 5.48. The number of sulfonamides is 1. The van der Waals surface area contributed by atoms with Crippen LogP contribution >= 0.6 is 46.4 Å². The minimum Gasteiger partial charge on any atom is -0.324 e. The molecule has 1 amide bonds. The van der Waals surface area contributed by atoms with Crippen molar-refractivity contribution in [3.8, 4) is 0 Å². The minimum atomic E-state index is -3.49. The van der Waals surface area contributed by atoms with Gasteiger partial charge in [-0.15, -0.1) is 0 Å². The number of piperidine rings is 1. The number of nitrogens with zero attached hydrogens (tertiary/aromatic N) is 1. The Hall–Kier alpha value is -1.02. The molecule has 1 aliphatic rings. The number of anilines is 1. The fourth-order valence-corrected chi connectivity index (χ4v) is 5.54. The molecule has 0 atom stereocenters. The first kappa shape index (κ1) is 22.7. The number of carbonyl (C=O) groups excluding carboxylic acids is 1. The van der Waals surface area contributed by atoms with Crippen molar-refractivity contribution in [3.63, 3.8) is 0 Å². The Balaban J connectivity index is 1.59. The molecule has 5 nitrogen and oxygen atoms in total. The standard InChI is InChI=1S/C19H18Cl4N2O3S/c20-14-3-1-2-12(8-14)11-29(27,28)25-6-4-13(5-7-25)19(26)24-18-10-16(22)15(21)9-17(18)23/h1-3,8-10,13H,4-7,11H2,(H,24,26). The summed E-state index contributed by atoms with van der Waals surface area (Å²) in [5.41, 5.74) is 1.01. The van der Waals surface area contributed by atoms with Crippen molar-refractivity contribution >= 4 is 68.0 Å². The Morgan fingerprint density at radius 3 is 2.31 bits per heavy atom. The van der Waals surface area contributed by atoms with Crippen LogP contribution in [-0.4, -0.2) is 31.7 Å². The number of halogens is 4. The zero-order valence-corrected chi connectivity index (χ0v) is 19.0. The van der Waals surface area contributed by atoms with Crippen molar-refractivity contribution in [2.45, 2.75) is 18.6 Å². The number of rotatable bonds is 5. The van der Waals surface area contributed by atoms with E-state index in [-0.39, 0.29) is 40.7 Å². The topological polar surface area (TPSA) is 66.5 Å². The first-order chi connectivity index (χ1) is 13.7. The molecule has 1 heterocycles. The van der Waals surface area contributed by atoms with Gasteiger partial charge in [-0.3, -0.25) is 4.79 Å². The zero-order valence-electron chi connectivity index (χ0n) is 15.2. The normalized spacial score (nSPS) is 16.0.